The number of nitrogens with zero attached hydrogens (tertiary/aromatic N) is 2. The summed E-state index contributed by atoms with van der Waals surface area (Å²) in [5.74, 6) is -3.17. The highest BCUT2D eigenvalue weighted by Gasteiger charge is 2.42. The lowest BCUT2D eigenvalue weighted by atomic mass is 9.94. The molecular weight excluding hydrogens is 451 g/mol. The van der Waals surface area contributed by atoms with Gasteiger partial charge in [0.15, 0.2) is 5.58 Å². The molecule has 34 heavy (non-hydrogen) atoms. The number of amides is 1. The third kappa shape index (κ3) is 5.56. The van der Waals surface area contributed by atoms with Crippen LogP contribution in [0.1, 0.15) is 48.0 Å². The average molecular weight is 475 g/mol. The zero-order valence-electron chi connectivity index (χ0n) is 18.5. The maximum Gasteiger partial charge on any atom is 0.493 e. The summed E-state index contributed by atoms with van der Waals surface area (Å²) in [5, 5.41) is 0. The van der Waals surface area contributed by atoms with Gasteiger partial charge >= 0.3 is 12.1 Å². The molecule has 1 aliphatic carbocycles. The molecule has 0 aliphatic heterocycles. The molecule has 3 aromatic rings. The maximum atomic E-state index is 12.2. The number of benzene rings is 2. The monoisotopic (exact) mass is 475 g/mol. The second-order valence-corrected chi connectivity index (χ2v) is 8.43. The first-order valence-electron chi connectivity index (χ1n) is 11.0. The molecule has 4 rings (SSSR count). The van der Waals surface area contributed by atoms with Crippen molar-refractivity contribution in [1.82, 2.24) is 15.4 Å². The highest BCUT2D eigenvalue weighted by atomic mass is 19.4. The number of rotatable bonds is 5. The quantitative estimate of drug-likeness (QED) is 0.523. The fourth-order valence-electron chi connectivity index (χ4n) is 4.14. The molecule has 0 unspecified atom stereocenters. The lowest BCUT2D eigenvalue weighted by molar-refractivity contribution is -0.204. The van der Waals surface area contributed by atoms with Gasteiger partial charge in [-0.3, -0.25) is 9.69 Å². The molecule has 0 spiro atoms. The third-order valence-corrected chi connectivity index (χ3v) is 5.92. The lowest BCUT2D eigenvalue weighted by Gasteiger charge is -2.31. The van der Waals surface area contributed by atoms with Gasteiger partial charge < -0.3 is 9.25 Å². The van der Waals surface area contributed by atoms with Crippen molar-refractivity contribution in [3.63, 3.8) is 0 Å². The fraction of sp³-hybridized carbons (Fsp3) is 0.375. The Bertz CT molecular complexity index is 1190. The Morgan fingerprint density at radius 3 is 2.65 bits per heavy atom. The molecule has 1 amide bonds. The van der Waals surface area contributed by atoms with Crippen LogP contribution < -0.4 is 5.48 Å². The molecule has 180 valence electrons. The van der Waals surface area contributed by atoms with Crippen LogP contribution in [0, 0.1) is 0 Å². The molecule has 0 bridgehead atoms. The van der Waals surface area contributed by atoms with E-state index in [1.807, 2.05) is 18.2 Å². The van der Waals surface area contributed by atoms with E-state index in [9.17, 15) is 22.8 Å². The molecular formula is C24H24F3N3O4. The van der Waals surface area contributed by atoms with Gasteiger partial charge in [0, 0.05) is 23.7 Å². The Kier molecular flexibility index (Phi) is 6.87. The van der Waals surface area contributed by atoms with Crippen LogP contribution in [-0.4, -0.2) is 41.0 Å². The van der Waals surface area contributed by atoms with Crippen molar-refractivity contribution in [3.8, 4) is 11.5 Å². The number of oxazole rings is 1. The summed E-state index contributed by atoms with van der Waals surface area (Å²) < 4.78 is 42.5. The van der Waals surface area contributed by atoms with Gasteiger partial charge in [0.1, 0.15) is 5.52 Å². The van der Waals surface area contributed by atoms with Crippen molar-refractivity contribution in [3.05, 3.63) is 53.6 Å². The van der Waals surface area contributed by atoms with Gasteiger partial charge in [-0.2, -0.15) is 18.7 Å². The summed E-state index contributed by atoms with van der Waals surface area (Å²) in [5.41, 5.74) is 4.10. The van der Waals surface area contributed by atoms with E-state index in [0.717, 1.165) is 17.7 Å². The molecule has 0 saturated heterocycles. The van der Waals surface area contributed by atoms with Gasteiger partial charge in [-0.05, 0) is 55.8 Å². The number of carbonyl (C=O) groups excluding carboxylic acids is 2. The van der Waals surface area contributed by atoms with Gasteiger partial charge in [0.25, 0.3) is 5.91 Å². The molecule has 1 heterocycles. The SMILES string of the molecule is CN(Cc1cccc(-c2nc3cc(C(=O)NOC(=O)C(F)(F)F)ccc3o2)c1)C1CCCCC1. The molecule has 1 fully saturated rings. The van der Waals surface area contributed by atoms with Crippen LogP contribution in [0.15, 0.2) is 46.9 Å². The molecule has 2 aromatic carbocycles. The van der Waals surface area contributed by atoms with Crippen LogP contribution in [-0.2, 0) is 16.2 Å². The van der Waals surface area contributed by atoms with Crippen molar-refractivity contribution in [2.24, 2.45) is 0 Å². The van der Waals surface area contributed by atoms with Crippen LogP contribution >= 0.6 is 0 Å². The number of hydrogen-bond acceptors (Lipinski definition) is 6. The Morgan fingerprint density at radius 2 is 1.91 bits per heavy atom. The second kappa shape index (κ2) is 9.84. The highest BCUT2D eigenvalue weighted by molar-refractivity contribution is 5.97. The summed E-state index contributed by atoms with van der Waals surface area (Å²) in [4.78, 5) is 33.4. The van der Waals surface area contributed by atoms with Crippen molar-refractivity contribution in [1.29, 1.82) is 0 Å². The number of hydroxylamine groups is 1. The van der Waals surface area contributed by atoms with Crippen molar-refractivity contribution in [2.75, 3.05) is 7.05 Å². The van der Waals surface area contributed by atoms with E-state index in [1.165, 1.54) is 55.8 Å². The van der Waals surface area contributed by atoms with Gasteiger partial charge in [-0.25, -0.2) is 9.78 Å². The fourth-order valence-corrected chi connectivity index (χ4v) is 4.14. The molecule has 7 nitrogen and oxygen atoms in total. The summed E-state index contributed by atoms with van der Waals surface area (Å²) in [7, 11) is 2.14. The maximum absolute atomic E-state index is 12.2. The van der Waals surface area contributed by atoms with E-state index in [0.29, 0.717) is 23.0 Å². The normalized spacial score (nSPS) is 15.0. The third-order valence-electron chi connectivity index (χ3n) is 5.92. The Morgan fingerprint density at radius 1 is 1.15 bits per heavy atom. The minimum Gasteiger partial charge on any atom is -0.436 e. The van der Waals surface area contributed by atoms with E-state index in [1.54, 1.807) is 0 Å². The number of hydrogen-bond donors (Lipinski definition) is 1. The van der Waals surface area contributed by atoms with Crippen LogP contribution in [0.25, 0.3) is 22.6 Å². The highest BCUT2D eigenvalue weighted by Crippen LogP contribution is 2.27. The zero-order valence-corrected chi connectivity index (χ0v) is 18.5. The minimum atomic E-state index is -5.21. The lowest BCUT2D eigenvalue weighted by Crippen LogP contribution is -2.34. The van der Waals surface area contributed by atoms with Crippen molar-refractivity contribution in [2.45, 2.75) is 50.9 Å². The second-order valence-electron chi connectivity index (χ2n) is 8.43. The number of halogens is 3. The minimum absolute atomic E-state index is 0.0369. The number of aromatic nitrogens is 1. The molecule has 1 aromatic heterocycles. The summed E-state index contributed by atoms with van der Waals surface area (Å²) >= 11 is 0. The predicted octanol–water partition coefficient (Wildman–Crippen LogP) is 5.01. The van der Waals surface area contributed by atoms with E-state index >= 15 is 0 Å². The Labute approximate surface area is 193 Å². The van der Waals surface area contributed by atoms with Gasteiger partial charge in [-0.15, -0.1) is 0 Å². The van der Waals surface area contributed by atoms with E-state index in [2.05, 4.69) is 27.8 Å². The molecule has 1 aliphatic rings. The van der Waals surface area contributed by atoms with Crippen LogP contribution in [0.3, 0.4) is 0 Å². The van der Waals surface area contributed by atoms with Crippen molar-refractivity contribution < 1.29 is 32.0 Å². The Balaban J connectivity index is 1.47. The molecule has 1 N–H and O–H groups in total. The van der Waals surface area contributed by atoms with Gasteiger partial charge in [0.2, 0.25) is 5.89 Å². The molecule has 10 heteroatoms. The number of alkyl halides is 3. The topological polar surface area (TPSA) is 84.7 Å². The first-order chi connectivity index (χ1) is 16.2. The van der Waals surface area contributed by atoms with E-state index in [4.69, 9.17) is 4.42 Å². The van der Waals surface area contributed by atoms with Crippen LogP contribution in [0.2, 0.25) is 0 Å². The first kappa shape index (κ1) is 23.7. The number of fused-ring (bicyclic) bond motifs is 1. The standard InChI is InChI=1S/C24H24F3N3O4/c1-30(18-8-3-2-4-9-18)14-15-6-5-7-17(12-15)22-28-19-13-16(10-11-20(19)33-22)21(31)29-34-23(32)24(25,26)27/h5-7,10-13,18H,2-4,8-9,14H2,1H3,(H,29,31). The Hall–Kier alpha value is -3.40. The van der Waals surface area contributed by atoms with Crippen LogP contribution in [0.4, 0.5) is 13.2 Å². The van der Waals surface area contributed by atoms with E-state index in [-0.39, 0.29) is 5.56 Å². The largest absolute Gasteiger partial charge is 0.493 e. The van der Waals surface area contributed by atoms with Gasteiger partial charge in [-0.1, -0.05) is 31.4 Å². The van der Waals surface area contributed by atoms with Crippen molar-refractivity contribution >= 4 is 23.0 Å². The van der Waals surface area contributed by atoms with Gasteiger partial charge in [0.05, 0.1) is 0 Å². The number of nitrogens with one attached hydrogen (secondary N) is 1. The predicted molar refractivity (Wildman–Crippen MR) is 117 cm³/mol. The first-order valence-corrected chi connectivity index (χ1v) is 11.0. The summed E-state index contributed by atoms with van der Waals surface area (Å²) in [6, 6.07) is 12.6. The summed E-state index contributed by atoms with van der Waals surface area (Å²) in [6.07, 6.45) is 1.06. The molecule has 1 saturated carbocycles. The molecule has 0 radical (unpaired) electrons. The average Bonchev–Trinajstić information content (AvgIpc) is 3.26. The van der Waals surface area contributed by atoms with E-state index < -0.39 is 18.1 Å². The summed E-state index contributed by atoms with van der Waals surface area (Å²) in [6.45, 7) is 0.805. The number of carbonyl (C=O) groups is 2. The van der Waals surface area contributed by atoms with Crippen LogP contribution in [0.5, 0.6) is 0 Å². The molecule has 0 atom stereocenters. The smallest absolute Gasteiger partial charge is 0.436 e. The zero-order chi connectivity index (χ0) is 24.3.